The van der Waals surface area contributed by atoms with E-state index in [9.17, 15) is 0 Å². The van der Waals surface area contributed by atoms with Gasteiger partial charge in [-0.05, 0) is 48.3 Å². The number of hydrogen-bond acceptors (Lipinski definition) is 1. The monoisotopic (exact) mass is 282 g/mol. The summed E-state index contributed by atoms with van der Waals surface area (Å²) in [6.45, 7) is 2.39. The van der Waals surface area contributed by atoms with Crippen LogP contribution in [0.3, 0.4) is 0 Å². The molecule has 0 heterocycles. The largest absolute Gasteiger partial charge is 0.497 e. The van der Waals surface area contributed by atoms with Crippen molar-refractivity contribution in [1.82, 2.24) is 0 Å². The van der Waals surface area contributed by atoms with Crippen LogP contribution in [0, 0.1) is 11.3 Å². The van der Waals surface area contributed by atoms with Crippen LogP contribution < -0.4 is 4.74 Å². The third kappa shape index (κ3) is 2.60. The fourth-order valence-electron chi connectivity index (χ4n) is 2.33. The van der Waals surface area contributed by atoms with Crippen LogP contribution in [0.5, 0.6) is 5.75 Å². The molecule has 1 nitrogen and oxygen atoms in total. The Morgan fingerprint density at radius 1 is 1.44 bits per heavy atom. The molecule has 0 saturated heterocycles. The van der Waals surface area contributed by atoms with Crippen molar-refractivity contribution in [3.8, 4) is 5.75 Å². The summed E-state index contributed by atoms with van der Waals surface area (Å²) in [6, 6.07) is 8.44. The van der Waals surface area contributed by atoms with Gasteiger partial charge in [0.2, 0.25) is 0 Å². The number of ether oxygens (including phenoxy) is 1. The topological polar surface area (TPSA) is 9.23 Å². The van der Waals surface area contributed by atoms with Gasteiger partial charge in [-0.15, -0.1) is 0 Å². The summed E-state index contributed by atoms with van der Waals surface area (Å²) < 4.78 is 5.27. The second kappa shape index (κ2) is 4.79. The molecule has 1 saturated carbocycles. The second-order valence-electron chi connectivity index (χ2n) is 5.09. The van der Waals surface area contributed by atoms with Crippen LogP contribution in [0.4, 0.5) is 0 Å². The van der Waals surface area contributed by atoms with Crippen molar-refractivity contribution in [2.24, 2.45) is 11.3 Å². The molecule has 1 aliphatic rings. The summed E-state index contributed by atoms with van der Waals surface area (Å²) in [7, 11) is 1.73. The van der Waals surface area contributed by atoms with Gasteiger partial charge in [-0.2, -0.15) is 0 Å². The fourth-order valence-corrected chi connectivity index (χ4v) is 2.99. The number of hydrogen-bond donors (Lipinski definition) is 0. The quantitative estimate of drug-likeness (QED) is 0.741. The smallest absolute Gasteiger partial charge is 0.119 e. The summed E-state index contributed by atoms with van der Waals surface area (Å²) in [4.78, 5) is 0. The molecule has 1 atom stereocenters. The van der Waals surface area contributed by atoms with Crippen molar-refractivity contribution in [3.05, 3.63) is 29.8 Å². The maximum Gasteiger partial charge on any atom is 0.119 e. The summed E-state index contributed by atoms with van der Waals surface area (Å²) in [5, 5.41) is 1.09. The standard InChI is InChI=1S/C14H19BrO/c1-14(10-15,12-6-7-12)9-11-4-3-5-13(8-11)16-2/h3-5,8,12H,6-7,9-10H2,1-2H3. The van der Waals surface area contributed by atoms with Gasteiger partial charge < -0.3 is 4.74 Å². The second-order valence-corrected chi connectivity index (χ2v) is 5.65. The number of halogens is 1. The summed E-state index contributed by atoms with van der Waals surface area (Å²) in [5.41, 5.74) is 1.79. The average Bonchev–Trinajstić information content (AvgIpc) is 3.13. The normalized spacial score (nSPS) is 19.2. The van der Waals surface area contributed by atoms with Gasteiger partial charge in [-0.1, -0.05) is 35.0 Å². The molecule has 0 aliphatic heterocycles. The van der Waals surface area contributed by atoms with Gasteiger partial charge in [0, 0.05) is 5.33 Å². The number of benzene rings is 1. The molecule has 1 aliphatic carbocycles. The highest BCUT2D eigenvalue weighted by Gasteiger charge is 2.40. The Labute approximate surface area is 106 Å². The lowest BCUT2D eigenvalue weighted by molar-refractivity contribution is 0.318. The van der Waals surface area contributed by atoms with E-state index >= 15 is 0 Å². The summed E-state index contributed by atoms with van der Waals surface area (Å²) in [6.07, 6.45) is 3.93. The molecule has 88 valence electrons. The molecule has 1 aromatic rings. The first kappa shape index (κ1) is 12.0. The van der Waals surface area contributed by atoms with Crippen LogP contribution in [0.1, 0.15) is 25.3 Å². The number of rotatable bonds is 5. The zero-order valence-electron chi connectivity index (χ0n) is 10.0. The zero-order valence-corrected chi connectivity index (χ0v) is 11.6. The molecule has 0 bridgehead atoms. The lowest BCUT2D eigenvalue weighted by atomic mass is 9.81. The van der Waals surface area contributed by atoms with Gasteiger partial charge in [0.1, 0.15) is 5.75 Å². The third-order valence-electron chi connectivity index (χ3n) is 3.61. The molecule has 16 heavy (non-hydrogen) atoms. The Morgan fingerprint density at radius 3 is 2.75 bits per heavy atom. The molecule has 1 aromatic carbocycles. The van der Waals surface area contributed by atoms with Crippen molar-refractivity contribution in [2.75, 3.05) is 12.4 Å². The molecule has 0 N–H and O–H groups in total. The van der Waals surface area contributed by atoms with E-state index in [4.69, 9.17) is 4.74 Å². The molecule has 2 rings (SSSR count). The first-order valence-corrected chi connectivity index (χ1v) is 6.99. The van der Waals surface area contributed by atoms with E-state index in [1.54, 1.807) is 7.11 Å². The van der Waals surface area contributed by atoms with Gasteiger partial charge in [0.25, 0.3) is 0 Å². The first-order chi connectivity index (χ1) is 7.68. The van der Waals surface area contributed by atoms with Crippen LogP contribution in [0.25, 0.3) is 0 Å². The van der Waals surface area contributed by atoms with E-state index in [0.717, 1.165) is 23.4 Å². The van der Waals surface area contributed by atoms with Crippen molar-refractivity contribution in [1.29, 1.82) is 0 Å². The van der Waals surface area contributed by atoms with E-state index in [1.807, 2.05) is 6.07 Å². The maximum absolute atomic E-state index is 5.27. The lowest BCUT2D eigenvalue weighted by Crippen LogP contribution is -2.24. The molecule has 0 aromatic heterocycles. The number of alkyl halides is 1. The van der Waals surface area contributed by atoms with E-state index < -0.39 is 0 Å². The Hall–Kier alpha value is -0.500. The molecule has 0 spiro atoms. The van der Waals surface area contributed by atoms with Crippen LogP contribution in [0.2, 0.25) is 0 Å². The summed E-state index contributed by atoms with van der Waals surface area (Å²) in [5.74, 6) is 1.86. The van der Waals surface area contributed by atoms with E-state index in [2.05, 4.69) is 41.1 Å². The minimum Gasteiger partial charge on any atom is -0.497 e. The van der Waals surface area contributed by atoms with Crippen LogP contribution >= 0.6 is 15.9 Å². The Bertz CT molecular complexity index is 360. The van der Waals surface area contributed by atoms with Crippen LogP contribution in [-0.2, 0) is 6.42 Å². The van der Waals surface area contributed by atoms with E-state index in [0.29, 0.717) is 5.41 Å². The highest BCUT2D eigenvalue weighted by atomic mass is 79.9. The third-order valence-corrected chi connectivity index (χ3v) is 4.89. The minimum atomic E-state index is 0.409. The van der Waals surface area contributed by atoms with E-state index in [1.165, 1.54) is 18.4 Å². The Balaban J connectivity index is 2.12. The first-order valence-electron chi connectivity index (χ1n) is 5.87. The van der Waals surface area contributed by atoms with Gasteiger partial charge in [-0.3, -0.25) is 0 Å². The highest BCUT2D eigenvalue weighted by Crippen LogP contribution is 2.48. The van der Waals surface area contributed by atoms with Crippen molar-refractivity contribution >= 4 is 15.9 Å². The molecule has 0 radical (unpaired) electrons. The molecule has 1 fully saturated rings. The minimum absolute atomic E-state index is 0.409. The van der Waals surface area contributed by atoms with Crippen LogP contribution in [-0.4, -0.2) is 12.4 Å². The van der Waals surface area contributed by atoms with Gasteiger partial charge in [-0.25, -0.2) is 0 Å². The van der Waals surface area contributed by atoms with Crippen molar-refractivity contribution in [3.63, 3.8) is 0 Å². The van der Waals surface area contributed by atoms with Gasteiger partial charge in [0.15, 0.2) is 0 Å². The predicted octanol–water partition coefficient (Wildman–Crippen LogP) is 4.05. The molecule has 0 amide bonds. The van der Waals surface area contributed by atoms with Crippen molar-refractivity contribution in [2.45, 2.75) is 26.2 Å². The Kier molecular flexibility index (Phi) is 3.58. The summed E-state index contributed by atoms with van der Waals surface area (Å²) >= 11 is 3.67. The van der Waals surface area contributed by atoms with E-state index in [-0.39, 0.29) is 0 Å². The fraction of sp³-hybridized carbons (Fsp3) is 0.571. The Morgan fingerprint density at radius 2 is 2.19 bits per heavy atom. The average molecular weight is 283 g/mol. The van der Waals surface area contributed by atoms with Crippen molar-refractivity contribution < 1.29 is 4.74 Å². The molecule has 2 heteroatoms. The van der Waals surface area contributed by atoms with Gasteiger partial charge in [0.05, 0.1) is 7.11 Å². The molecular formula is C14H19BrO. The SMILES string of the molecule is COc1cccc(CC(C)(CBr)C2CC2)c1. The zero-order chi connectivity index (χ0) is 11.6. The molecular weight excluding hydrogens is 264 g/mol. The van der Waals surface area contributed by atoms with Gasteiger partial charge >= 0.3 is 0 Å². The maximum atomic E-state index is 5.27. The van der Waals surface area contributed by atoms with Crippen LogP contribution in [0.15, 0.2) is 24.3 Å². The number of methoxy groups -OCH3 is 1. The molecule has 1 unspecified atom stereocenters. The predicted molar refractivity (Wildman–Crippen MR) is 71.3 cm³/mol. The highest BCUT2D eigenvalue weighted by molar-refractivity contribution is 9.09. The lowest BCUT2D eigenvalue weighted by Gasteiger charge is -2.27.